The molecule has 126 valence electrons. The Morgan fingerprint density at radius 3 is 2.72 bits per heavy atom. The number of anilines is 1. The fourth-order valence-corrected chi connectivity index (χ4v) is 3.63. The maximum absolute atomic E-state index is 6.18. The summed E-state index contributed by atoms with van der Waals surface area (Å²) in [4.78, 5) is 7.21. The number of nitrogens with zero attached hydrogens (tertiary/aromatic N) is 5. The van der Waals surface area contributed by atoms with Gasteiger partial charge in [0.25, 0.3) is 0 Å². The molecule has 4 heterocycles. The first kappa shape index (κ1) is 14.7. The van der Waals surface area contributed by atoms with Gasteiger partial charge in [0.05, 0.1) is 11.8 Å². The van der Waals surface area contributed by atoms with Gasteiger partial charge >= 0.3 is 0 Å². The highest BCUT2D eigenvalue weighted by Gasteiger charge is 2.22. The second kappa shape index (κ2) is 5.74. The molecule has 3 aromatic heterocycles. The van der Waals surface area contributed by atoms with Crippen molar-refractivity contribution < 1.29 is 4.42 Å². The predicted molar refractivity (Wildman–Crippen MR) is 97.1 cm³/mol. The normalized spacial score (nSPS) is 15.3. The summed E-state index contributed by atoms with van der Waals surface area (Å²) in [6, 6.07) is 9.42. The lowest BCUT2D eigenvalue weighted by atomic mass is 10.1. The molecule has 0 amide bonds. The second-order valence-electron chi connectivity index (χ2n) is 6.28. The number of rotatable bonds is 2. The van der Waals surface area contributed by atoms with E-state index in [0.717, 1.165) is 48.4 Å². The van der Waals surface area contributed by atoms with Gasteiger partial charge in [0.2, 0.25) is 11.8 Å². The monoisotopic (exact) mass is 353 g/mol. The zero-order chi connectivity index (χ0) is 16.8. The van der Waals surface area contributed by atoms with E-state index in [1.54, 1.807) is 6.26 Å². The SMILES string of the molecule is Clc1ccc2c(c1)nc(N1CCCCC1)n1c(-c3ccco3)nnc21. The first-order valence-electron chi connectivity index (χ1n) is 8.44. The Hall–Kier alpha value is -2.60. The van der Waals surface area contributed by atoms with Crippen LogP contribution in [0.15, 0.2) is 41.0 Å². The smallest absolute Gasteiger partial charge is 0.213 e. The molecule has 0 unspecified atom stereocenters. The molecule has 0 radical (unpaired) electrons. The maximum atomic E-state index is 6.18. The summed E-state index contributed by atoms with van der Waals surface area (Å²) in [7, 11) is 0. The summed E-state index contributed by atoms with van der Waals surface area (Å²) >= 11 is 6.18. The highest BCUT2D eigenvalue weighted by atomic mass is 35.5. The molecule has 5 rings (SSSR count). The zero-order valence-corrected chi connectivity index (χ0v) is 14.3. The Morgan fingerprint density at radius 1 is 1.04 bits per heavy atom. The molecule has 0 N–H and O–H groups in total. The quantitative estimate of drug-likeness (QED) is 0.541. The largest absolute Gasteiger partial charge is 0.461 e. The molecule has 25 heavy (non-hydrogen) atoms. The van der Waals surface area contributed by atoms with E-state index in [4.69, 9.17) is 21.0 Å². The molecule has 1 aliphatic heterocycles. The standard InChI is InChI=1S/C18H16ClN5O/c19-12-6-7-13-14(11-12)20-18(23-8-2-1-3-9-23)24-16(13)21-22-17(24)15-5-4-10-25-15/h4-7,10-11H,1-3,8-9H2. The molecule has 7 heteroatoms. The fourth-order valence-electron chi connectivity index (χ4n) is 3.46. The number of fused-ring (bicyclic) bond motifs is 3. The minimum atomic E-state index is 0.666. The summed E-state index contributed by atoms with van der Waals surface area (Å²) in [5.74, 6) is 2.20. The van der Waals surface area contributed by atoms with Crippen molar-refractivity contribution in [3.8, 4) is 11.6 Å². The van der Waals surface area contributed by atoms with Gasteiger partial charge < -0.3 is 9.32 Å². The van der Waals surface area contributed by atoms with Gasteiger partial charge in [0, 0.05) is 23.5 Å². The molecular weight excluding hydrogens is 338 g/mol. The molecule has 4 aromatic rings. The second-order valence-corrected chi connectivity index (χ2v) is 6.72. The van der Waals surface area contributed by atoms with Gasteiger partial charge in [-0.25, -0.2) is 9.38 Å². The number of aromatic nitrogens is 4. The molecule has 0 saturated carbocycles. The summed E-state index contributed by atoms with van der Waals surface area (Å²) < 4.78 is 7.57. The van der Waals surface area contributed by atoms with Crippen LogP contribution in [0.1, 0.15) is 19.3 Å². The molecule has 0 bridgehead atoms. The van der Waals surface area contributed by atoms with Crippen LogP contribution in [0.3, 0.4) is 0 Å². The molecular formula is C18H16ClN5O. The summed E-state index contributed by atoms with van der Waals surface area (Å²) in [5.41, 5.74) is 1.60. The van der Waals surface area contributed by atoms with Crippen LogP contribution in [0, 0.1) is 0 Å². The van der Waals surface area contributed by atoms with Crippen LogP contribution in [0.2, 0.25) is 5.02 Å². The van der Waals surface area contributed by atoms with Crippen molar-refractivity contribution in [3.05, 3.63) is 41.6 Å². The summed E-state index contributed by atoms with van der Waals surface area (Å²) in [6.07, 6.45) is 5.22. The van der Waals surface area contributed by atoms with Gasteiger partial charge in [0.15, 0.2) is 11.4 Å². The maximum Gasteiger partial charge on any atom is 0.213 e. The average Bonchev–Trinajstić information content (AvgIpc) is 3.31. The Morgan fingerprint density at radius 2 is 1.92 bits per heavy atom. The van der Waals surface area contributed by atoms with E-state index in [9.17, 15) is 0 Å². The molecule has 0 spiro atoms. The number of benzene rings is 1. The Bertz CT molecular complexity index is 1050. The van der Waals surface area contributed by atoms with E-state index in [0.29, 0.717) is 16.6 Å². The summed E-state index contributed by atoms with van der Waals surface area (Å²) in [6.45, 7) is 1.95. The van der Waals surface area contributed by atoms with E-state index in [2.05, 4.69) is 15.1 Å². The van der Waals surface area contributed by atoms with Crippen LogP contribution in [0.25, 0.3) is 28.1 Å². The number of halogens is 1. The predicted octanol–water partition coefficient (Wildman–Crippen LogP) is 4.18. The molecule has 1 saturated heterocycles. The van der Waals surface area contributed by atoms with E-state index in [-0.39, 0.29) is 0 Å². The van der Waals surface area contributed by atoms with E-state index < -0.39 is 0 Å². The van der Waals surface area contributed by atoms with Crippen LogP contribution < -0.4 is 4.90 Å². The highest BCUT2D eigenvalue weighted by Crippen LogP contribution is 2.30. The van der Waals surface area contributed by atoms with Crippen molar-refractivity contribution >= 4 is 34.1 Å². The third kappa shape index (κ3) is 2.36. The lowest BCUT2D eigenvalue weighted by Crippen LogP contribution is -2.32. The Balaban J connectivity index is 1.84. The van der Waals surface area contributed by atoms with Crippen molar-refractivity contribution in [2.45, 2.75) is 19.3 Å². The number of piperidine rings is 1. The Labute approximate surface area is 149 Å². The number of hydrogen-bond acceptors (Lipinski definition) is 5. The lowest BCUT2D eigenvalue weighted by molar-refractivity contribution is 0.562. The van der Waals surface area contributed by atoms with Crippen LogP contribution in [0.5, 0.6) is 0 Å². The lowest BCUT2D eigenvalue weighted by Gasteiger charge is -2.28. The van der Waals surface area contributed by atoms with Gasteiger partial charge in [0.1, 0.15) is 0 Å². The van der Waals surface area contributed by atoms with Gasteiger partial charge in [-0.15, -0.1) is 10.2 Å². The van der Waals surface area contributed by atoms with Crippen molar-refractivity contribution in [3.63, 3.8) is 0 Å². The molecule has 1 aliphatic rings. The molecule has 1 fully saturated rings. The van der Waals surface area contributed by atoms with Gasteiger partial charge in [-0.3, -0.25) is 0 Å². The first-order valence-corrected chi connectivity index (χ1v) is 8.82. The van der Waals surface area contributed by atoms with Gasteiger partial charge in [-0.1, -0.05) is 11.6 Å². The molecule has 0 atom stereocenters. The molecule has 1 aromatic carbocycles. The van der Waals surface area contributed by atoms with E-state index in [1.165, 1.54) is 6.42 Å². The first-order chi connectivity index (χ1) is 12.3. The Kier molecular flexibility index (Phi) is 3.38. The van der Waals surface area contributed by atoms with E-state index >= 15 is 0 Å². The topological polar surface area (TPSA) is 59.5 Å². The number of furan rings is 1. The van der Waals surface area contributed by atoms with Gasteiger partial charge in [-0.2, -0.15) is 0 Å². The zero-order valence-electron chi connectivity index (χ0n) is 13.5. The van der Waals surface area contributed by atoms with Crippen molar-refractivity contribution in [1.82, 2.24) is 19.6 Å². The van der Waals surface area contributed by atoms with Crippen LogP contribution >= 0.6 is 11.6 Å². The minimum absolute atomic E-state index is 0.666. The fraction of sp³-hybridized carbons (Fsp3) is 0.278. The highest BCUT2D eigenvalue weighted by molar-refractivity contribution is 6.31. The van der Waals surface area contributed by atoms with Crippen molar-refractivity contribution in [2.24, 2.45) is 0 Å². The third-order valence-corrected chi connectivity index (χ3v) is 4.90. The molecule has 6 nitrogen and oxygen atoms in total. The van der Waals surface area contributed by atoms with Crippen LogP contribution in [-0.2, 0) is 0 Å². The van der Waals surface area contributed by atoms with Crippen molar-refractivity contribution in [2.75, 3.05) is 18.0 Å². The van der Waals surface area contributed by atoms with Crippen LogP contribution in [-0.4, -0.2) is 32.7 Å². The van der Waals surface area contributed by atoms with Crippen molar-refractivity contribution in [1.29, 1.82) is 0 Å². The average molecular weight is 354 g/mol. The van der Waals surface area contributed by atoms with Gasteiger partial charge in [-0.05, 0) is 49.6 Å². The molecule has 0 aliphatic carbocycles. The third-order valence-electron chi connectivity index (χ3n) is 4.66. The van der Waals surface area contributed by atoms with E-state index in [1.807, 2.05) is 34.7 Å². The van der Waals surface area contributed by atoms with Crippen LogP contribution in [0.4, 0.5) is 5.95 Å². The number of hydrogen-bond donors (Lipinski definition) is 0. The summed E-state index contributed by atoms with van der Waals surface area (Å²) in [5, 5.41) is 10.4. The minimum Gasteiger partial charge on any atom is -0.461 e.